The van der Waals surface area contributed by atoms with Gasteiger partial charge in [-0.2, -0.15) is 0 Å². The third-order valence-electron chi connectivity index (χ3n) is 3.15. The lowest BCUT2D eigenvalue weighted by Gasteiger charge is -2.15. The molecule has 22 heavy (non-hydrogen) atoms. The van der Waals surface area contributed by atoms with E-state index in [-0.39, 0.29) is 18.4 Å². The van der Waals surface area contributed by atoms with Crippen LogP contribution in [0.2, 0.25) is 13.7 Å². The molecule has 0 bridgehead atoms. The van der Waals surface area contributed by atoms with Gasteiger partial charge in [0, 0.05) is 24.1 Å². The zero-order chi connectivity index (χ0) is 16.1. The summed E-state index contributed by atoms with van der Waals surface area (Å²) in [7, 11) is 0. The smallest absolute Gasteiger partial charge is 0.253 e. The van der Waals surface area contributed by atoms with E-state index >= 15 is 0 Å². The van der Waals surface area contributed by atoms with Gasteiger partial charge in [-0.05, 0) is 30.2 Å². The highest BCUT2D eigenvalue weighted by Gasteiger charge is 2.16. The lowest BCUT2D eigenvalue weighted by molar-refractivity contribution is 0.0940. The minimum atomic E-state index is -0.289. The molecule has 1 amide bonds. The molecule has 2 rings (SSSR count). The predicted octanol–water partition coefficient (Wildman–Crippen LogP) is 4.29. The van der Waals surface area contributed by atoms with Gasteiger partial charge in [-0.25, -0.2) is 0 Å². The Hall–Kier alpha value is -0.780. The minimum absolute atomic E-state index is 0.0268. The van der Waals surface area contributed by atoms with Gasteiger partial charge in [-0.15, -0.1) is 11.3 Å². The lowest BCUT2D eigenvalue weighted by atomic mass is 10.00. The number of aliphatic hydroxyl groups is 1. The van der Waals surface area contributed by atoms with Crippen LogP contribution in [0.3, 0.4) is 0 Å². The summed E-state index contributed by atoms with van der Waals surface area (Å²) in [6.45, 7) is 0.322. The summed E-state index contributed by atoms with van der Waals surface area (Å²) in [5.74, 6) is -0.374. The van der Waals surface area contributed by atoms with Crippen molar-refractivity contribution in [2.45, 2.75) is 6.42 Å². The maximum atomic E-state index is 12.0. The number of aliphatic hydroxyl groups excluding tert-OH is 1. The third kappa shape index (κ3) is 4.86. The van der Waals surface area contributed by atoms with Gasteiger partial charge in [0.15, 0.2) is 0 Å². The first-order valence-corrected chi connectivity index (χ1v) is 8.53. The number of hydrogen-bond donors (Lipinski definition) is 2. The van der Waals surface area contributed by atoms with Crippen LogP contribution in [0.4, 0.5) is 0 Å². The molecular formula is C15H14Cl3NO2S. The molecule has 1 atom stereocenters. The van der Waals surface area contributed by atoms with Crippen molar-refractivity contribution in [2.24, 2.45) is 5.92 Å². The van der Waals surface area contributed by atoms with Crippen molar-refractivity contribution in [3.8, 4) is 0 Å². The van der Waals surface area contributed by atoms with E-state index < -0.39 is 0 Å². The molecule has 0 aliphatic heterocycles. The Balaban J connectivity index is 1.92. The summed E-state index contributed by atoms with van der Waals surface area (Å²) in [6.07, 6.45) is 0.645. The average molecular weight is 379 g/mol. The van der Waals surface area contributed by atoms with Crippen LogP contribution in [0, 0.1) is 5.92 Å². The number of benzene rings is 1. The number of nitrogens with one attached hydrogen (secondary N) is 1. The second kappa shape index (κ2) is 8.18. The van der Waals surface area contributed by atoms with E-state index in [0.717, 1.165) is 16.9 Å². The van der Waals surface area contributed by atoms with Gasteiger partial charge < -0.3 is 10.4 Å². The van der Waals surface area contributed by atoms with Crippen LogP contribution in [-0.2, 0) is 6.42 Å². The van der Waals surface area contributed by atoms with E-state index in [1.165, 1.54) is 6.07 Å². The molecule has 0 aliphatic rings. The fraction of sp³-hybridized carbons (Fsp3) is 0.267. The lowest BCUT2D eigenvalue weighted by Crippen LogP contribution is -2.31. The number of carbonyl (C=O) groups is 1. The van der Waals surface area contributed by atoms with Crippen LogP contribution in [0.5, 0.6) is 0 Å². The number of rotatable bonds is 6. The van der Waals surface area contributed by atoms with Gasteiger partial charge >= 0.3 is 0 Å². The van der Waals surface area contributed by atoms with Crippen molar-refractivity contribution < 1.29 is 9.90 Å². The number of carbonyl (C=O) groups excluding carboxylic acids is 1. The van der Waals surface area contributed by atoms with Crippen LogP contribution in [0.25, 0.3) is 0 Å². The first kappa shape index (κ1) is 17.6. The van der Waals surface area contributed by atoms with Crippen molar-refractivity contribution in [1.29, 1.82) is 0 Å². The molecular weight excluding hydrogens is 365 g/mol. The van der Waals surface area contributed by atoms with E-state index in [2.05, 4.69) is 5.32 Å². The molecule has 0 radical (unpaired) electrons. The molecule has 0 saturated heterocycles. The largest absolute Gasteiger partial charge is 0.396 e. The van der Waals surface area contributed by atoms with Crippen LogP contribution in [0.1, 0.15) is 15.9 Å². The van der Waals surface area contributed by atoms with Gasteiger partial charge in [-0.3, -0.25) is 4.79 Å². The van der Waals surface area contributed by atoms with Crippen molar-refractivity contribution >= 4 is 52.0 Å². The zero-order valence-corrected chi connectivity index (χ0v) is 14.6. The molecule has 1 aromatic carbocycles. The summed E-state index contributed by atoms with van der Waals surface area (Å²) in [6, 6.07) is 8.95. The SMILES string of the molecule is O=C(NCC(CO)Cc1ccc(Cl)cc1)c1cc(Cl)sc1Cl. The van der Waals surface area contributed by atoms with Crippen LogP contribution in [-0.4, -0.2) is 24.2 Å². The van der Waals surface area contributed by atoms with Crippen LogP contribution >= 0.6 is 46.1 Å². The van der Waals surface area contributed by atoms with E-state index in [9.17, 15) is 9.90 Å². The highest BCUT2D eigenvalue weighted by atomic mass is 35.5. The van der Waals surface area contributed by atoms with E-state index in [1.807, 2.05) is 12.1 Å². The fourth-order valence-corrected chi connectivity index (χ4v) is 3.57. The minimum Gasteiger partial charge on any atom is -0.396 e. The first-order chi connectivity index (χ1) is 10.5. The predicted molar refractivity (Wildman–Crippen MR) is 92.4 cm³/mol. The van der Waals surface area contributed by atoms with E-state index in [1.54, 1.807) is 12.1 Å². The molecule has 2 N–H and O–H groups in total. The highest BCUT2D eigenvalue weighted by molar-refractivity contribution is 7.20. The van der Waals surface area contributed by atoms with Gasteiger partial charge in [0.05, 0.1) is 9.90 Å². The number of hydrogen-bond acceptors (Lipinski definition) is 3. The molecule has 1 aromatic heterocycles. The molecule has 1 unspecified atom stereocenters. The second-order valence-corrected chi connectivity index (χ2v) is 7.55. The molecule has 118 valence electrons. The van der Waals surface area contributed by atoms with Gasteiger partial charge in [0.1, 0.15) is 4.34 Å². The molecule has 1 heterocycles. The maximum absolute atomic E-state index is 12.0. The Labute approximate surface area is 147 Å². The number of amides is 1. The van der Waals surface area contributed by atoms with Gasteiger partial charge in [0.25, 0.3) is 5.91 Å². The molecule has 0 aliphatic carbocycles. The Bertz CT molecular complexity index is 643. The summed E-state index contributed by atoms with van der Waals surface area (Å²) in [5, 5.41) is 12.9. The molecule has 2 aromatic rings. The summed E-state index contributed by atoms with van der Waals surface area (Å²) in [5.41, 5.74) is 1.41. The molecule has 7 heteroatoms. The van der Waals surface area contributed by atoms with Gasteiger partial charge in [-0.1, -0.05) is 46.9 Å². The maximum Gasteiger partial charge on any atom is 0.253 e. The highest BCUT2D eigenvalue weighted by Crippen LogP contribution is 2.31. The van der Waals surface area contributed by atoms with E-state index in [0.29, 0.717) is 32.2 Å². The number of thiophene rings is 1. The zero-order valence-electron chi connectivity index (χ0n) is 11.5. The quantitative estimate of drug-likeness (QED) is 0.788. The van der Waals surface area contributed by atoms with Crippen LogP contribution < -0.4 is 5.32 Å². The first-order valence-electron chi connectivity index (χ1n) is 6.58. The van der Waals surface area contributed by atoms with Crippen molar-refractivity contribution in [2.75, 3.05) is 13.2 Å². The Morgan fingerprint density at radius 1 is 1.23 bits per heavy atom. The molecule has 0 fully saturated rings. The second-order valence-electron chi connectivity index (χ2n) is 4.83. The van der Waals surface area contributed by atoms with Gasteiger partial charge in [0.2, 0.25) is 0 Å². The summed E-state index contributed by atoms with van der Waals surface area (Å²) < 4.78 is 0.829. The molecule has 0 spiro atoms. The normalized spacial score (nSPS) is 12.2. The van der Waals surface area contributed by atoms with E-state index in [4.69, 9.17) is 34.8 Å². The Kier molecular flexibility index (Phi) is 6.53. The van der Waals surface area contributed by atoms with Crippen molar-refractivity contribution in [1.82, 2.24) is 5.32 Å². The summed E-state index contributed by atoms with van der Waals surface area (Å²) in [4.78, 5) is 12.0. The average Bonchev–Trinajstić information content (AvgIpc) is 2.84. The Morgan fingerprint density at radius 2 is 1.91 bits per heavy atom. The topological polar surface area (TPSA) is 49.3 Å². The third-order valence-corrected chi connectivity index (χ3v) is 4.89. The molecule has 0 saturated carbocycles. The van der Waals surface area contributed by atoms with Crippen LogP contribution in [0.15, 0.2) is 30.3 Å². The monoisotopic (exact) mass is 377 g/mol. The number of halogens is 3. The van der Waals surface area contributed by atoms with Crippen molar-refractivity contribution in [3.63, 3.8) is 0 Å². The summed E-state index contributed by atoms with van der Waals surface area (Å²) >= 11 is 18.8. The standard InChI is InChI=1S/C15H14Cl3NO2S/c16-11-3-1-9(2-4-11)5-10(8-20)7-19-15(21)12-6-13(17)22-14(12)18/h1-4,6,10,20H,5,7-8H2,(H,19,21). The van der Waals surface area contributed by atoms with Crippen molar-refractivity contribution in [3.05, 3.63) is 55.2 Å². The Morgan fingerprint density at radius 3 is 2.45 bits per heavy atom. The fourth-order valence-electron chi connectivity index (χ4n) is 1.98. The molecule has 3 nitrogen and oxygen atoms in total.